The van der Waals surface area contributed by atoms with Crippen molar-refractivity contribution >= 4 is 29.3 Å². The van der Waals surface area contributed by atoms with Gasteiger partial charge in [0.05, 0.1) is 10.7 Å². The average Bonchev–Trinajstić information content (AvgIpc) is 2.45. The maximum atomic E-state index is 10.7. The van der Waals surface area contributed by atoms with Crippen LogP contribution in [-0.4, -0.2) is 48.2 Å². The summed E-state index contributed by atoms with van der Waals surface area (Å²) >= 11 is 6.36. The van der Waals surface area contributed by atoms with E-state index in [2.05, 4.69) is 23.6 Å². The molecule has 1 aromatic carbocycles. The van der Waals surface area contributed by atoms with Crippen molar-refractivity contribution < 1.29 is 9.90 Å². The van der Waals surface area contributed by atoms with Gasteiger partial charge in [0.15, 0.2) is 0 Å². The van der Waals surface area contributed by atoms with Crippen LogP contribution in [0.2, 0.25) is 5.02 Å². The van der Waals surface area contributed by atoms with Gasteiger partial charge in [0.1, 0.15) is 0 Å². The number of halogens is 1. The maximum Gasteiger partial charge on any atom is 0.328 e. The molecule has 0 spiro atoms. The molecule has 1 aliphatic heterocycles. The van der Waals surface area contributed by atoms with Crippen LogP contribution in [0, 0.1) is 0 Å². The molecule has 0 aromatic heterocycles. The lowest BCUT2D eigenvalue weighted by atomic mass is 10.1. The molecule has 21 heavy (non-hydrogen) atoms. The Kier molecular flexibility index (Phi) is 5.26. The van der Waals surface area contributed by atoms with Crippen LogP contribution in [0.4, 0.5) is 5.69 Å². The van der Waals surface area contributed by atoms with Crippen molar-refractivity contribution in [3.63, 3.8) is 0 Å². The van der Waals surface area contributed by atoms with Gasteiger partial charge in [-0.25, -0.2) is 4.79 Å². The topological polar surface area (TPSA) is 43.8 Å². The molecule has 0 amide bonds. The molecule has 1 unspecified atom stereocenters. The van der Waals surface area contributed by atoms with Crippen molar-refractivity contribution in [2.24, 2.45) is 0 Å². The number of piperazine rings is 1. The van der Waals surface area contributed by atoms with Crippen LogP contribution in [-0.2, 0) is 4.79 Å². The maximum absolute atomic E-state index is 10.7. The van der Waals surface area contributed by atoms with Crippen LogP contribution >= 0.6 is 11.6 Å². The number of aliphatic carboxylic acids is 1. The first kappa shape index (κ1) is 15.9. The molecule has 1 heterocycles. The second kappa shape index (κ2) is 6.96. The van der Waals surface area contributed by atoms with Crippen LogP contribution < -0.4 is 4.90 Å². The molecule has 0 saturated carbocycles. The molecule has 1 aliphatic rings. The highest BCUT2D eigenvalue weighted by Gasteiger charge is 2.24. The van der Waals surface area contributed by atoms with Gasteiger partial charge in [0.25, 0.3) is 0 Å². The zero-order valence-electron chi connectivity index (χ0n) is 12.4. The highest BCUT2D eigenvalue weighted by Crippen LogP contribution is 2.32. The lowest BCUT2D eigenvalue weighted by Crippen LogP contribution is -2.52. The summed E-state index contributed by atoms with van der Waals surface area (Å²) < 4.78 is 0. The minimum atomic E-state index is -0.954. The van der Waals surface area contributed by atoms with E-state index >= 15 is 0 Å². The Labute approximate surface area is 130 Å². The van der Waals surface area contributed by atoms with Crippen molar-refractivity contribution in [2.75, 3.05) is 31.1 Å². The summed E-state index contributed by atoms with van der Waals surface area (Å²) in [5.41, 5.74) is 1.78. The first-order valence-electron chi connectivity index (χ1n) is 7.21. The zero-order valence-corrected chi connectivity index (χ0v) is 13.2. The quantitative estimate of drug-likeness (QED) is 0.869. The van der Waals surface area contributed by atoms with E-state index in [0.29, 0.717) is 11.1 Å². The van der Waals surface area contributed by atoms with Crippen molar-refractivity contribution in [3.8, 4) is 0 Å². The monoisotopic (exact) mass is 308 g/mol. The smallest absolute Gasteiger partial charge is 0.328 e. The highest BCUT2D eigenvalue weighted by atomic mass is 35.5. The third-order valence-corrected chi connectivity index (χ3v) is 4.22. The van der Waals surface area contributed by atoms with Crippen LogP contribution in [0.5, 0.6) is 0 Å². The van der Waals surface area contributed by atoms with E-state index in [0.717, 1.165) is 43.5 Å². The molecule has 1 N–H and O–H groups in total. The normalized spacial score (nSPS) is 20.1. The molecule has 0 aliphatic carbocycles. The summed E-state index contributed by atoms with van der Waals surface area (Å²) in [5, 5.41) is 9.48. The minimum Gasteiger partial charge on any atom is -0.478 e. The fourth-order valence-corrected chi connectivity index (χ4v) is 3.13. The first-order chi connectivity index (χ1) is 10.0. The Bertz CT molecular complexity index is 545. The van der Waals surface area contributed by atoms with Crippen LogP contribution in [0.3, 0.4) is 0 Å². The number of hydrogen-bond donors (Lipinski definition) is 1. The Morgan fingerprint density at radius 3 is 2.86 bits per heavy atom. The molecule has 1 saturated heterocycles. The molecular formula is C16H21ClN2O2. The molecule has 1 atom stereocenters. The Morgan fingerprint density at radius 2 is 2.24 bits per heavy atom. The number of nitrogens with zero attached hydrogens (tertiary/aromatic N) is 2. The van der Waals surface area contributed by atoms with Crippen molar-refractivity contribution in [1.82, 2.24) is 4.90 Å². The van der Waals surface area contributed by atoms with Gasteiger partial charge in [-0.3, -0.25) is 4.90 Å². The third-order valence-electron chi connectivity index (χ3n) is 3.91. The number of carboxylic acid groups (broad SMARTS) is 1. The summed E-state index contributed by atoms with van der Waals surface area (Å²) in [6.07, 6.45) is 2.77. The van der Waals surface area contributed by atoms with Gasteiger partial charge in [-0.05, 0) is 31.2 Å². The number of benzene rings is 1. The fraction of sp³-hybridized carbons (Fsp3) is 0.438. The van der Waals surface area contributed by atoms with E-state index in [1.165, 1.54) is 0 Å². The molecular weight excluding hydrogens is 288 g/mol. The average molecular weight is 309 g/mol. The summed E-state index contributed by atoms with van der Waals surface area (Å²) in [7, 11) is 0. The lowest BCUT2D eigenvalue weighted by molar-refractivity contribution is -0.131. The number of likely N-dealkylation sites (N-methyl/N-ethyl adjacent to an activating group) is 1. The van der Waals surface area contributed by atoms with E-state index in [1.54, 1.807) is 6.08 Å². The van der Waals surface area contributed by atoms with Crippen molar-refractivity contribution in [1.29, 1.82) is 0 Å². The van der Waals surface area contributed by atoms with Gasteiger partial charge in [0, 0.05) is 31.8 Å². The second-order valence-electron chi connectivity index (χ2n) is 5.27. The minimum absolute atomic E-state index is 0.455. The molecule has 1 aromatic rings. The molecule has 4 nitrogen and oxygen atoms in total. The van der Waals surface area contributed by atoms with Gasteiger partial charge < -0.3 is 10.0 Å². The third kappa shape index (κ3) is 3.77. The Balaban J connectivity index is 2.29. The highest BCUT2D eigenvalue weighted by molar-refractivity contribution is 6.33. The van der Waals surface area contributed by atoms with E-state index in [1.807, 2.05) is 18.2 Å². The van der Waals surface area contributed by atoms with E-state index < -0.39 is 5.97 Å². The molecule has 5 heteroatoms. The van der Waals surface area contributed by atoms with Crippen LogP contribution in [0.15, 0.2) is 24.3 Å². The van der Waals surface area contributed by atoms with Gasteiger partial charge in [-0.1, -0.05) is 30.7 Å². The van der Waals surface area contributed by atoms with Crippen LogP contribution in [0.25, 0.3) is 6.08 Å². The summed E-state index contributed by atoms with van der Waals surface area (Å²) in [4.78, 5) is 15.4. The fourth-order valence-electron chi connectivity index (χ4n) is 2.83. The zero-order chi connectivity index (χ0) is 15.4. The molecule has 2 rings (SSSR count). The standard InChI is InChI=1S/C16H21ClN2O2/c1-3-18-9-10-19(11-12(18)2)16-13(7-8-15(20)21)5-4-6-14(16)17/h4-8,12H,3,9-11H2,1-2H3,(H,20,21)/b8-7+. The van der Waals surface area contributed by atoms with Gasteiger partial charge in [0.2, 0.25) is 0 Å². The second-order valence-corrected chi connectivity index (χ2v) is 5.68. The number of para-hydroxylation sites is 1. The van der Waals surface area contributed by atoms with Crippen molar-refractivity contribution in [2.45, 2.75) is 19.9 Å². The van der Waals surface area contributed by atoms with Crippen LogP contribution in [0.1, 0.15) is 19.4 Å². The van der Waals surface area contributed by atoms with Gasteiger partial charge in [-0.2, -0.15) is 0 Å². The molecule has 114 valence electrons. The largest absolute Gasteiger partial charge is 0.478 e. The summed E-state index contributed by atoms with van der Waals surface area (Å²) in [6, 6.07) is 6.05. The predicted octanol–water partition coefficient (Wildman–Crippen LogP) is 2.97. The SMILES string of the molecule is CCN1CCN(c2c(Cl)cccc2/C=C/C(=O)O)CC1C. The van der Waals surface area contributed by atoms with Gasteiger partial charge >= 0.3 is 5.97 Å². The number of carbonyl (C=O) groups is 1. The summed E-state index contributed by atoms with van der Waals surface area (Å²) in [5.74, 6) is -0.954. The Hall–Kier alpha value is -1.52. The number of rotatable bonds is 4. The summed E-state index contributed by atoms with van der Waals surface area (Å²) in [6.45, 7) is 8.21. The van der Waals surface area contributed by atoms with E-state index in [-0.39, 0.29) is 0 Å². The molecule has 0 radical (unpaired) electrons. The molecule has 0 bridgehead atoms. The number of hydrogen-bond acceptors (Lipinski definition) is 3. The van der Waals surface area contributed by atoms with E-state index in [4.69, 9.17) is 16.7 Å². The number of carboxylic acids is 1. The van der Waals surface area contributed by atoms with E-state index in [9.17, 15) is 4.79 Å². The van der Waals surface area contributed by atoms with Crippen molar-refractivity contribution in [3.05, 3.63) is 34.9 Å². The molecule has 1 fully saturated rings. The van der Waals surface area contributed by atoms with Gasteiger partial charge in [-0.15, -0.1) is 0 Å². The Morgan fingerprint density at radius 1 is 1.48 bits per heavy atom. The first-order valence-corrected chi connectivity index (χ1v) is 7.59. The lowest BCUT2D eigenvalue weighted by Gasteiger charge is -2.41. The predicted molar refractivity (Wildman–Crippen MR) is 87.0 cm³/mol. The number of anilines is 1.